The van der Waals surface area contributed by atoms with Crippen LogP contribution in [0.4, 0.5) is 9.93 Å². The van der Waals surface area contributed by atoms with Crippen molar-refractivity contribution in [1.29, 1.82) is 0 Å². The fourth-order valence-electron chi connectivity index (χ4n) is 1.20. The van der Waals surface area contributed by atoms with Crippen molar-refractivity contribution in [2.75, 3.05) is 17.3 Å². The van der Waals surface area contributed by atoms with Crippen molar-refractivity contribution >= 4 is 40.2 Å². The highest BCUT2D eigenvalue weighted by Gasteiger charge is 2.19. The van der Waals surface area contributed by atoms with E-state index in [0.717, 1.165) is 5.69 Å². The molecule has 0 fully saturated rings. The molecule has 0 aliphatic rings. The Labute approximate surface area is 113 Å². The summed E-state index contributed by atoms with van der Waals surface area (Å²) < 4.78 is 0. The maximum absolute atomic E-state index is 11.6. The topological polar surface area (TPSA) is 91.3 Å². The first-order chi connectivity index (χ1) is 8.52. The summed E-state index contributed by atoms with van der Waals surface area (Å²) in [5.74, 6) is -0.359. The second-order valence-electron chi connectivity index (χ2n) is 3.56. The molecule has 0 aromatic carbocycles. The number of hydrogen-bond donors (Lipinski definition) is 3. The number of aliphatic carboxylic acids is 1. The van der Waals surface area contributed by atoms with Crippen LogP contribution in [0.15, 0.2) is 5.38 Å². The van der Waals surface area contributed by atoms with E-state index >= 15 is 0 Å². The SMILES string of the molecule is CSCC[C@@H](NC(=O)Nc1nc(C)cs1)C(=O)O. The van der Waals surface area contributed by atoms with E-state index in [-0.39, 0.29) is 0 Å². The van der Waals surface area contributed by atoms with Crippen molar-refractivity contribution in [2.45, 2.75) is 19.4 Å². The average molecular weight is 289 g/mol. The molecule has 0 aliphatic heterocycles. The number of rotatable bonds is 6. The highest BCUT2D eigenvalue weighted by atomic mass is 32.2. The quantitative estimate of drug-likeness (QED) is 0.742. The number of aromatic nitrogens is 1. The molecule has 0 bridgehead atoms. The van der Waals surface area contributed by atoms with E-state index in [4.69, 9.17) is 5.11 Å². The van der Waals surface area contributed by atoms with E-state index < -0.39 is 18.0 Å². The second kappa shape index (κ2) is 7.22. The summed E-state index contributed by atoms with van der Waals surface area (Å²) in [7, 11) is 0. The van der Waals surface area contributed by atoms with Gasteiger partial charge in [0.1, 0.15) is 6.04 Å². The number of nitrogens with one attached hydrogen (secondary N) is 2. The van der Waals surface area contributed by atoms with Gasteiger partial charge in [0, 0.05) is 5.38 Å². The predicted octanol–water partition coefficient (Wildman–Crippen LogP) is 1.78. The molecule has 18 heavy (non-hydrogen) atoms. The number of thioether (sulfide) groups is 1. The van der Waals surface area contributed by atoms with Gasteiger partial charge in [0.2, 0.25) is 0 Å². The maximum Gasteiger partial charge on any atom is 0.326 e. The van der Waals surface area contributed by atoms with Crippen LogP contribution in [0.25, 0.3) is 0 Å². The molecule has 0 unspecified atom stereocenters. The summed E-state index contributed by atoms with van der Waals surface area (Å²) in [4.78, 5) is 26.6. The van der Waals surface area contributed by atoms with E-state index in [1.165, 1.54) is 23.1 Å². The number of carboxylic acids is 1. The molecule has 1 rings (SSSR count). The molecular weight excluding hydrogens is 274 g/mol. The van der Waals surface area contributed by atoms with Gasteiger partial charge in [0.15, 0.2) is 5.13 Å². The van der Waals surface area contributed by atoms with E-state index in [0.29, 0.717) is 17.3 Å². The summed E-state index contributed by atoms with van der Waals surface area (Å²) in [6.07, 6.45) is 2.28. The zero-order valence-corrected chi connectivity index (χ0v) is 11.7. The van der Waals surface area contributed by atoms with Crippen LogP contribution in [-0.4, -0.2) is 40.1 Å². The maximum atomic E-state index is 11.6. The largest absolute Gasteiger partial charge is 0.480 e. The Bertz CT molecular complexity index is 422. The molecular formula is C10H15N3O3S2. The number of carbonyl (C=O) groups excluding carboxylic acids is 1. The van der Waals surface area contributed by atoms with E-state index in [1.54, 1.807) is 5.38 Å². The third-order valence-electron chi connectivity index (χ3n) is 2.05. The third-order valence-corrected chi connectivity index (χ3v) is 3.57. The lowest BCUT2D eigenvalue weighted by molar-refractivity contribution is -0.139. The van der Waals surface area contributed by atoms with Gasteiger partial charge in [-0.05, 0) is 25.4 Å². The number of aryl methyl sites for hydroxylation is 1. The normalized spacial score (nSPS) is 11.9. The molecule has 1 atom stereocenters. The Hall–Kier alpha value is -1.28. The van der Waals surface area contributed by atoms with Crippen molar-refractivity contribution in [3.63, 3.8) is 0 Å². The van der Waals surface area contributed by atoms with Crippen molar-refractivity contribution < 1.29 is 14.7 Å². The monoisotopic (exact) mass is 289 g/mol. The van der Waals surface area contributed by atoms with Crippen LogP contribution in [0.3, 0.4) is 0 Å². The van der Waals surface area contributed by atoms with Crippen molar-refractivity contribution in [3.8, 4) is 0 Å². The van der Waals surface area contributed by atoms with Gasteiger partial charge in [-0.15, -0.1) is 11.3 Å². The van der Waals surface area contributed by atoms with E-state index in [2.05, 4.69) is 15.6 Å². The van der Waals surface area contributed by atoms with Crippen molar-refractivity contribution in [1.82, 2.24) is 10.3 Å². The van der Waals surface area contributed by atoms with E-state index in [1.807, 2.05) is 13.2 Å². The van der Waals surface area contributed by atoms with Gasteiger partial charge in [-0.1, -0.05) is 0 Å². The summed E-state index contributed by atoms with van der Waals surface area (Å²) in [5, 5.41) is 16.1. The zero-order chi connectivity index (χ0) is 13.5. The minimum absolute atomic E-state index is 0.390. The molecule has 8 heteroatoms. The number of nitrogens with zero attached hydrogens (tertiary/aromatic N) is 1. The summed E-state index contributed by atoms with van der Waals surface area (Å²) in [6, 6.07) is -1.42. The number of urea groups is 1. The van der Waals surface area contributed by atoms with Crippen LogP contribution >= 0.6 is 23.1 Å². The fourth-order valence-corrected chi connectivity index (χ4v) is 2.35. The highest BCUT2D eigenvalue weighted by Crippen LogP contribution is 2.14. The highest BCUT2D eigenvalue weighted by molar-refractivity contribution is 7.98. The number of carboxylic acid groups (broad SMARTS) is 1. The molecule has 0 saturated heterocycles. The molecule has 0 saturated carbocycles. The van der Waals surface area contributed by atoms with Crippen LogP contribution in [0.2, 0.25) is 0 Å². The smallest absolute Gasteiger partial charge is 0.326 e. The fraction of sp³-hybridized carbons (Fsp3) is 0.500. The minimum atomic E-state index is -1.03. The van der Waals surface area contributed by atoms with Crippen LogP contribution < -0.4 is 10.6 Å². The molecule has 2 amide bonds. The van der Waals surface area contributed by atoms with Gasteiger partial charge in [-0.2, -0.15) is 11.8 Å². The summed E-state index contributed by atoms with van der Waals surface area (Å²) >= 11 is 2.83. The first-order valence-corrected chi connectivity index (χ1v) is 7.51. The minimum Gasteiger partial charge on any atom is -0.480 e. The number of thiazole rings is 1. The van der Waals surface area contributed by atoms with Gasteiger partial charge in [0.25, 0.3) is 0 Å². The second-order valence-corrected chi connectivity index (χ2v) is 5.41. The number of anilines is 1. The Morgan fingerprint density at radius 3 is 2.83 bits per heavy atom. The van der Waals surface area contributed by atoms with Gasteiger partial charge in [-0.25, -0.2) is 14.6 Å². The Morgan fingerprint density at radius 2 is 2.33 bits per heavy atom. The number of amides is 2. The summed E-state index contributed by atoms with van der Waals surface area (Å²) in [5.41, 5.74) is 0.812. The van der Waals surface area contributed by atoms with Crippen molar-refractivity contribution in [2.24, 2.45) is 0 Å². The molecule has 1 heterocycles. The van der Waals surface area contributed by atoms with Gasteiger partial charge in [-0.3, -0.25) is 5.32 Å². The molecule has 0 radical (unpaired) electrons. The zero-order valence-electron chi connectivity index (χ0n) is 10.1. The van der Waals surface area contributed by atoms with Crippen molar-refractivity contribution in [3.05, 3.63) is 11.1 Å². The standard InChI is InChI=1S/C10H15N3O3S2/c1-6-5-18-10(11-6)13-9(16)12-7(8(14)15)3-4-17-2/h5,7H,3-4H2,1-2H3,(H,14,15)(H2,11,12,13,16)/t7-/m1/s1. The molecule has 1 aromatic heterocycles. The van der Waals surface area contributed by atoms with Gasteiger partial charge in [0.05, 0.1) is 5.69 Å². The first kappa shape index (κ1) is 14.8. The molecule has 0 spiro atoms. The summed E-state index contributed by atoms with van der Waals surface area (Å²) in [6.45, 7) is 1.82. The van der Waals surface area contributed by atoms with Gasteiger partial charge >= 0.3 is 12.0 Å². The van der Waals surface area contributed by atoms with Crippen LogP contribution in [-0.2, 0) is 4.79 Å². The number of hydrogen-bond acceptors (Lipinski definition) is 5. The lowest BCUT2D eigenvalue weighted by Gasteiger charge is -2.13. The van der Waals surface area contributed by atoms with Crippen LogP contribution in [0.1, 0.15) is 12.1 Å². The Kier molecular flexibility index (Phi) is 5.93. The van der Waals surface area contributed by atoms with Gasteiger partial charge < -0.3 is 10.4 Å². The average Bonchev–Trinajstić information content (AvgIpc) is 2.69. The predicted molar refractivity (Wildman–Crippen MR) is 73.4 cm³/mol. The molecule has 100 valence electrons. The van der Waals surface area contributed by atoms with Crippen LogP contribution in [0.5, 0.6) is 0 Å². The molecule has 6 nitrogen and oxygen atoms in total. The Balaban J connectivity index is 2.48. The molecule has 0 aliphatic carbocycles. The van der Waals surface area contributed by atoms with E-state index in [9.17, 15) is 9.59 Å². The Morgan fingerprint density at radius 1 is 1.61 bits per heavy atom. The lowest BCUT2D eigenvalue weighted by Crippen LogP contribution is -2.43. The first-order valence-electron chi connectivity index (χ1n) is 5.24. The van der Waals surface area contributed by atoms with Crippen LogP contribution in [0, 0.1) is 6.92 Å². The third kappa shape index (κ3) is 4.92. The lowest BCUT2D eigenvalue weighted by atomic mass is 10.2. The number of carbonyl (C=O) groups is 2. The molecule has 3 N–H and O–H groups in total. The molecule has 1 aromatic rings.